The van der Waals surface area contributed by atoms with E-state index in [-0.39, 0.29) is 16.5 Å². The van der Waals surface area contributed by atoms with Gasteiger partial charge in [0.25, 0.3) is 0 Å². The van der Waals surface area contributed by atoms with Gasteiger partial charge in [0.2, 0.25) is 0 Å². The molecule has 0 atom stereocenters. The molecular formula is C11H7BrF3NO2. The van der Waals surface area contributed by atoms with Crippen LogP contribution in [0.3, 0.4) is 0 Å². The molecule has 0 aliphatic rings. The van der Waals surface area contributed by atoms with E-state index in [9.17, 15) is 18.0 Å². The fraction of sp³-hybridized carbons (Fsp3) is 0.273. The van der Waals surface area contributed by atoms with Crippen LogP contribution in [0, 0.1) is 11.3 Å². The number of alkyl halides is 4. The minimum Gasteiger partial charge on any atom is -0.465 e. The van der Waals surface area contributed by atoms with Gasteiger partial charge >= 0.3 is 12.1 Å². The second-order valence-electron chi connectivity index (χ2n) is 3.26. The third-order valence-electron chi connectivity index (χ3n) is 2.23. The van der Waals surface area contributed by atoms with Crippen LogP contribution in [-0.2, 0) is 16.2 Å². The fourth-order valence-corrected chi connectivity index (χ4v) is 1.96. The SMILES string of the molecule is COC(=O)c1c(C#N)ccc(CBr)c1C(F)(F)F. The molecule has 0 amide bonds. The molecule has 0 spiro atoms. The first-order valence-electron chi connectivity index (χ1n) is 4.64. The van der Waals surface area contributed by atoms with Gasteiger partial charge in [-0.2, -0.15) is 18.4 Å². The minimum atomic E-state index is -4.74. The Balaban J connectivity index is 3.71. The Bertz CT molecular complexity index is 520. The molecule has 7 heteroatoms. The topological polar surface area (TPSA) is 50.1 Å². The molecule has 1 rings (SSSR count). The molecule has 1 aromatic carbocycles. The quantitative estimate of drug-likeness (QED) is 0.620. The van der Waals surface area contributed by atoms with E-state index < -0.39 is 23.3 Å². The number of methoxy groups -OCH3 is 1. The maximum absolute atomic E-state index is 13.0. The Morgan fingerprint density at radius 1 is 1.50 bits per heavy atom. The van der Waals surface area contributed by atoms with Crippen LogP contribution in [0.25, 0.3) is 0 Å². The summed E-state index contributed by atoms with van der Waals surface area (Å²) in [6.45, 7) is 0. The van der Waals surface area contributed by atoms with Gasteiger partial charge in [0.15, 0.2) is 0 Å². The van der Waals surface area contributed by atoms with Gasteiger partial charge in [-0.15, -0.1) is 0 Å². The number of esters is 1. The van der Waals surface area contributed by atoms with Crippen molar-refractivity contribution >= 4 is 21.9 Å². The molecule has 3 nitrogen and oxygen atoms in total. The predicted molar refractivity (Wildman–Crippen MR) is 60.1 cm³/mol. The number of nitrogens with zero attached hydrogens (tertiary/aromatic N) is 1. The van der Waals surface area contributed by atoms with Gasteiger partial charge < -0.3 is 4.74 Å². The van der Waals surface area contributed by atoms with Gasteiger partial charge in [-0.05, 0) is 11.6 Å². The Morgan fingerprint density at radius 2 is 2.11 bits per heavy atom. The zero-order chi connectivity index (χ0) is 13.9. The van der Waals surface area contributed by atoms with Crippen molar-refractivity contribution in [2.24, 2.45) is 0 Å². The second-order valence-corrected chi connectivity index (χ2v) is 3.82. The molecule has 0 saturated carbocycles. The average Bonchev–Trinajstić information content (AvgIpc) is 2.34. The first kappa shape index (κ1) is 14.5. The summed E-state index contributed by atoms with van der Waals surface area (Å²) in [6.07, 6.45) is -4.74. The Kier molecular flexibility index (Phi) is 4.35. The molecule has 0 aliphatic carbocycles. The molecule has 1 aromatic rings. The van der Waals surface area contributed by atoms with Crippen LogP contribution in [-0.4, -0.2) is 13.1 Å². The van der Waals surface area contributed by atoms with Crippen molar-refractivity contribution in [3.05, 3.63) is 34.4 Å². The molecule has 0 heterocycles. The van der Waals surface area contributed by atoms with E-state index in [0.29, 0.717) is 0 Å². The molecule has 0 bridgehead atoms. The number of halogens is 4. The van der Waals surface area contributed by atoms with Crippen molar-refractivity contribution in [2.75, 3.05) is 7.11 Å². The Labute approximate surface area is 109 Å². The zero-order valence-corrected chi connectivity index (χ0v) is 10.7. The highest BCUT2D eigenvalue weighted by molar-refractivity contribution is 9.08. The largest absolute Gasteiger partial charge is 0.465 e. The normalized spacial score (nSPS) is 10.9. The van der Waals surface area contributed by atoms with Crippen molar-refractivity contribution in [1.82, 2.24) is 0 Å². The summed E-state index contributed by atoms with van der Waals surface area (Å²) >= 11 is 2.92. The van der Waals surface area contributed by atoms with Gasteiger partial charge in [-0.25, -0.2) is 4.79 Å². The average molecular weight is 322 g/mol. The van der Waals surface area contributed by atoms with E-state index in [1.807, 2.05) is 0 Å². The third-order valence-corrected chi connectivity index (χ3v) is 2.83. The van der Waals surface area contributed by atoms with Crippen molar-refractivity contribution in [3.63, 3.8) is 0 Å². The smallest absolute Gasteiger partial charge is 0.417 e. The first-order chi connectivity index (χ1) is 8.36. The summed E-state index contributed by atoms with van der Waals surface area (Å²) in [5.74, 6) is -1.18. The summed E-state index contributed by atoms with van der Waals surface area (Å²) in [7, 11) is 0.963. The molecule has 0 aromatic heterocycles. The van der Waals surface area contributed by atoms with E-state index in [4.69, 9.17) is 5.26 Å². The molecule has 18 heavy (non-hydrogen) atoms. The summed E-state index contributed by atoms with van der Waals surface area (Å²) in [6, 6.07) is 3.88. The van der Waals surface area contributed by atoms with E-state index in [2.05, 4.69) is 20.7 Å². The maximum Gasteiger partial charge on any atom is 0.417 e. The number of hydrogen-bond donors (Lipinski definition) is 0. The number of carbonyl (C=O) groups excluding carboxylic acids is 1. The van der Waals surface area contributed by atoms with E-state index in [1.165, 1.54) is 0 Å². The monoisotopic (exact) mass is 321 g/mol. The number of benzene rings is 1. The minimum absolute atomic E-state index is 0.0858. The highest BCUT2D eigenvalue weighted by atomic mass is 79.9. The number of carbonyl (C=O) groups is 1. The van der Waals surface area contributed by atoms with Crippen molar-refractivity contribution in [2.45, 2.75) is 11.5 Å². The molecule has 0 N–H and O–H groups in total. The van der Waals surface area contributed by atoms with Crippen LogP contribution in [0.2, 0.25) is 0 Å². The Morgan fingerprint density at radius 3 is 2.50 bits per heavy atom. The van der Waals surface area contributed by atoms with E-state index in [0.717, 1.165) is 19.2 Å². The number of nitriles is 1. The molecular weight excluding hydrogens is 315 g/mol. The highest BCUT2D eigenvalue weighted by Gasteiger charge is 2.39. The molecule has 96 valence electrons. The van der Waals surface area contributed by atoms with Crippen LogP contribution in [0.4, 0.5) is 13.2 Å². The number of ether oxygens (including phenoxy) is 1. The lowest BCUT2D eigenvalue weighted by molar-refractivity contribution is -0.138. The van der Waals surface area contributed by atoms with Gasteiger partial charge in [0.1, 0.15) is 6.07 Å². The van der Waals surface area contributed by atoms with Crippen molar-refractivity contribution in [3.8, 4) is 6.07 Å². The van der Waals surface area contributed by atoms with Gasteiger partial charge in [-0.1, -0.05) is 22.0 Å². The van der Waals surface area contributed by atoms with Crippen molar-refractivity contribution < 1.29 is 22.7 Å². The molecule has 0 radical (unpaired) electrons. The van der Waals surface area contributed by atoms with Crippen LogP contribution >= 0.6 is 15.9 Å². The number of rotatable bonds is 2. The van der Waals surface area contributed by atoms with E-state index >= 15 is 0 Å². The van der Waals surface area contributed by atoms with Gasteiger partial charge in [-0.3, -0.25) is 0 Å². The van der Waals surface area contributed by atoms with Crippen molar-refractivity contribution in [1.29, 1.82) is 5.26 Å². The highest BCUT2D eigenvalue weighted by Crippen LogP contribution is 2.37. The Hall–Kier alpha value is -1.55. The van der Waals surface area contributed by atoms with Gasteiger partial charge in [0, 0.05) is 5.33 Å². The lowest BCUT2D eigenvalue weighted by Gasteiger charge is -2.16. The summed E-state index contributed by atoms with van der Waals surface area (Å²) < 4.78 is 43.2. The molecule has 0 aliphatic heterocycles. The standard InChI is InChI=1S/C11H7BrF3NO2/c1-18-10(17)8-7(5-16)3-2-6(4-12)9(8)11(13,14)15/h2-3H,4H2,1H3. The van der Waals surface area contributed by atoms with E-state index in [1.54, 1.807) is 6.07 Å². The first-order valence-corrected chi connectivity index (χ1v) is 5.76. The summed E-state index contributed by atoms with van der Waals surface area (Å²) in [5.41, 5.74) is -2.37. The van der Waals surface area contributed by atoms with Crippen LogP contribution < -0.4 is 0 Å². The van der Waals surface area contributed by atoms with Crippen LogP contribution in [0.1, 0.15) is 27.0 Å². The number of hydrogen-bond acceptors (Lipinski definition) is 3. The zero-order valence-electron chi connectivity index (χ0n) is 9.14. The summed E-state index contributed by atoms with van der Waals surface area (Å²) in [5, 5.41) is 8.69. The lowest BCUT2D eigenvalue weighted by Crippen LogP contribution is -2.18. The van der Waals surface area contributed by atoms with Gasteiger partial charge in [0.05, 0.1) is 23.8 Å². The molecule has 0 unspecified atom stereocenters. The van der Waals surface area contributed by atoms with Crippen LogP contribution in [0.5, 0.6) is 0 Å². The summed E-state index contributed by atoms with van der Waals surface area (Å²) in [4.78, 5) is 11.4. The molecule has 0 fully saturated rings. The van der Waals surface area contributed by atoms with Crippen LogP contribution in [0.15, 0.2) is 12.1 Å². The fourth-order valence-electron chi connectivity index (χ4n) is 1.49. The third kappa shape index (κ3) is 2.64. The predicted octanol–water partition coefficient (Wildman–Crippen LogP) is 3.26. The second kappa shape index (κ2) is 5.40. The lowest BCUT2D eigenvalue weighted by atomic mass is 9.96. The maximum atomic E-state index is 13.0. The molecule has 0 saturated heterocycles.